The lowest BCUT2D eigenvalue weighted by atomic mass is 10.00. The van der Waals surface area contributed by atoms with Crippen LogP contribution in [0.2, 0.25) is 0 Å². The van der Waals surface area contributed by atoms with Gasteiger partial charge in [0.25, 0.3) is 0 Å². The van der Waals surface area contributed by atoms with Crippen LogP contribution in [0.4, 0.5) is 17.1 Å². The molecule has 0 aliphatic carbocycles. The van der Waals surface area contributed by atoms with Gasteiger partial charge in [-0.1, -0.05) is 146 Å². The SMILES string of the molecule is c1ccc(-c2ccc(-c3ccc(N(c4ccc(-c5ccccc5)cc4)c4cccc5ccccc45)cc3)cc2)cc1. The number of hydrogen-bond acceptors (Lipinski definition) is 1. The molecule has 0 atom stereocenters. The summed E-state index contributed by atoms with van der Waals surface area (Å²) in [5, 5.41) is 2.45. The Morgan fingerprint density at radius 1 is 0.268 bits per heavy atom. The minimum Gasteiger partial charge on any atom is -0.310 e. The van der Waals surface area contributed by atoms with E-state index in [0.717, 1.165) is 17.1 Å². The Balaban J connectivity index is 1.27. The Kier molecular flexibility index (Phi) is 6.61. The molecule has 0 saturated heterocycles. The average molecular weight is 524 g/mol. The number of rotatable bonds is 6. The van der Waals surface area contributed by atoms with Gasteiger partial charge >= 0.3 is 0 Å². The maximum Gasteiger partial charge on any atom is 0.0540 e. The summed E-state index contributed by atoms with van der Waals surface area (Å²) in [6, 6.07) is 62.8. The van der Waals surface area contributed by atoms with Crippen LogP contribution in [0.15, 0.2) is 176 Å². The highest BCUT2D eigenvalue weighted by Gasteiger charge is 2.15. The molecular weight excluding hydrogens is 494 g/mol. The summed E-state index contributed by atoms with van der Waals surface area (Å²) in [6.45, 7) is 0. The summed E-state index contributed by atoms with van der Waals surface area (Å²) in [7, 11) is 0. The van der Waals surface area contributed by atoms with Crippen molar-refractivity contribution in [3.63, 3.8) is 0 Å². The first-order chi connectivity index (χ1) is 20.3. The first-order valence-corrected chi connectivity index (χ1v) is 14.0. The van der Waals surface area contributed by atoms with Crippen molar-refractivity contribution in [1.29, 1.82) is 0 Å². The van der Waals surface area contributed by atoms with Crippen molar-refractivity contribution in [3.05, 3.63) is 176 Å². The maximum absolute atomic E-state index is 2.36. The van der Waals surface area contributed by atoms with Crippen LogP contribution in [0.5, 0.6) is 0 Å². The molecule has 1 nitrogen and oxygen atoms in total. The van der Waals surface area contributed by atoms with Crippen LogP contribution in [-0.4, -0.2) is 0 Å². The number of benzene rings is 7. The molecule has 7 aromatic rings. The van der Waals surface area contributed by atoms with E-state index in [9.17, 15) is 0 Å². The van der Waals surface area contributed by atoms with Crippen LogP contribution in [0.1, 0.15) is 0 Å². The number of fused-ring (bicyclic) bond motifs is 1. The number of nitrogens with zero attached hydrogens (tertiary/aromatic N) is 1. The van der Waals surface area contributed by atoms with Crippen molar-refractivity contribution in [2.75, 3.05) is 4.90 Å². The molecule has 41 heavy (non-hydrogen) atoms. The normalized spacial score (nSPS) is 10.9. The van der Waals surface area contributed by atoms with Gasteiger partial charge in [-0.3, -0.25) is 0 Å². The third-order valence-corrected chi connectivity index (χ3v) is 7.69. The lowest BCUT2D eigenvalue weighted by molar-refractivity contribution is 1.30. The van der Waals surface area contributed by atoms with Crippen molar-refractivity contribution < 1.29 is 0 Å². The second-order valence-electron chi connectivity index (χ2n) is 10.2. The minimum absolute atomic E-state index is 1.12. The van der Waals surface area contributed by atoms with Crippen LogP contribution in [-0.2, 0) is 0 Å². The number of hydrogen-bond donors (Lipinski definition) is 0. The fraction of sp³-hybridized carbons (Fsp3) is 0. The van der Waals surface area contributed by atoms with Crippen molar-refractivity contribution in [2.24, 2.45) is 0 Å². The highest BCUT2D eigenvalue weighted by molar-refractivity contribution is 5.99. The summed E-state index contributed by atoms with van der Waals surface area (Å²) in [5.41, 5.74) is 10.7. The molecule has 1 heteroatoms. The second-order valence-corrected chi connectivity index (χ2v) is 10.2. The van der Waals surface area contributed by atoms with Gasteiger partial charge in [-0.2, -0.15) is 0 Å². The monoisotopic (exact) mass is 523 g/mol. The van der Waals surface area contributed by atoms with E-state index in [0.29, 0.717) is 0 Å². The minimum atomic E-state index is 1.12. The lowest BCUT2D eigenvalue weighted by Crippen LogP contribution is -2.10. The van der Waals surface area contributed by atoms with Gasteiger partial charge < -0.3 is 4.90 Å². The van der Waals surface area contributed by atoms with E-state index in [1.165, 1.54) is 44.2 Å². The molecule has 0 bridgehead atoms. The first kappa shape index (κ1) is 24.6. The molecule has 0 unspecified atom stereocenters. The standard InChI is InChI=1S/C40H29N/c1-3-10-30(11-4-1)32-18-20-33(21-19-32)35-24-28-38(29-25-35)41(40-17-9-15-36-14-7-8-16-39(36)40)37-26-22-34(23-27-37)31-12-5-2-6-13-31/h1-29H. The van der Waals surface area contributed by atoms with E-state index in [4.69, 9.17) is 0 Å². The summed E-state index contributed by atoms with van der Waals surface area (Å²) in [4.78, 5) is 2.36. The molecule has 0 aliphatic heterocycles. The first-order valence-electron chi connectivity index (χ1n) is 14.0. The summed E-state index contributed by atoms with van der Waals surface area (Å²) in [5.74, 6) is 0. The zero-order chi connectivity index (χ0) is 27.4. The highest BCUT2D eigenvalue weighted by atomic mass is 15.1. The molecule has 0 saturated carbocycles. The Morgan fingerprint density at radius 2 is 0.634 bits per heavy atom. The van der Waals surface area contributed by atoms with Gasteiger partial charge in [-0.05, 0) is 69.1 Å². The largest absolute Gasteiger partial charge is 0.310 e. The molecule has 7 aromatic carbocycles. The fourth-order valence-electron chi connectivity index (χ4n) is 5.55. The third-order valence-electron chi connectivity index (χ3n) is 7.69. The van der Waals surface area contributed by atoms with Crippen molar-refractivity contribution in [2.45, 2.75) is 0 Å². The molecular formula is C40H29N. The predicted molar refractivity (Wildman–Crippen MR) is 175 cm³/mol. The Bertz CT molecular complexity index is 1880. The average Bonchev–Trinajstić information content (AvgIpc) is 3.07. The van der Waals surface area contributed by atoms with Crippen molar-refractivity contribution in [3.8, 4) is 33.4 Å². The molecule has 0 aromatic heterocycles. The zero-order valence-corrected chi connectivity index (χ0v) is 22.7. The lowest BCUT2D eigenvalue weighted by Gasteiger charge is -2.27. The van der Waals surface area contributed by atoms with E-state index in [1.54, 1.807) is 0 Å². The van der Waals surface area contributed by atoms with Gasteiger partial charge in [0.1, 0.15) is 0 Å². The van der Waals surface area contributed by atoms with E-state index in [-0.39, 0.29) is 0 Å². The van der Waals surface area contributed by atoms with E-state index < -0.39 is 0 Å². The molecule has 0 amide bonds. The zero-order valence-electron chi connectivity index (χ0n) is 22.7. The van der Waals surface area contributed by atoms with Crippen LogP contribution in [0.25, 0.3) is 44.2 Å². The summed E-state index contributed by atoms with van der Waals surface area (Å²) >= 11 is 0. The molecule has 0 radical (unpaired) electrons. The topological polar surface area (TPSA) is 3.24 Å². The Labute approximate surface area is 241 Å². The molecule has 0 N–H and O–H groups in total. The van der Waals surface area contributed by atoms with Crippen molar-refractivity contribution in [1.82, 2.24) is 0 Å². The molecule has 0 spiro atoms. The van der Waals surface area contributed by atoms with Crippen LogP contribution in [0.3, 0.4) is 0 Å². The molecule has 7 rings (SSSR count). The van der Waals surface area contributed by atoms with Gasteiger partial charge in [0.15, 0.2) is 0 Å². The quantitative estimate of drug-likeness (QED) is 0.209. The second kappa shape index (κ2) is 11.0. The van der Waals surface area contributed by atoms with Gasteiger partial charge in [0, 0.05) is 16.8 Å². The van der Waals surface area contributed by atoms with Crippen LogP contribution >= 0.6 is 0 Å². The van der Waals surface area contributed by atoms with E-state index >= 15 is 0 Å². The number of anilines is 3. The highest BCUT2D eigenvalue weighted by Crippen LogP contribution is 2.40. The van der Waals surface area contributed by atoms with E-state index in [2.05, 4.69) is 181 Å². The van der Waals surface area contributed by atoms with Gasteiger partial charge in [0.05, 0.1) is 5.69 Å². The molecule has 0 heterocycles. The van der Waals surface area contributed by atoms with Gasteiger partial charge in [0.2, 0.25) is 0 Å². The molecule has 0 aliphatic rings. The Morgan fingerprint density at radius 3 is 1.12 bits per heavy atom. The fourth-order valence-corrected chi connectivity index (χ4v) is 5.55. The molecule has 194 valence electrons. The van der Waals surface area contributed by atoms with Crippen LogP contribution in [0, 0.1) is 0 Å². The van der Waals surface area contributed by atoms with E-state index in [1.807, 2.05) is 0 Å². The summed E-state index contributed by atoms with van der Waals surface area (Å²) < 4.78 is 0. The third kappa shape index (κ3) is 5.02. The van der Waals surface area contributed by atoms with Gasteiger partial charge in [-0.25, -0.2) is 0 Å². The van der Waals surface area contributed by atoms with Gasteiger partial charge in [-0.15, -0.1) is 0 Å². The van der Waals surface area contributed by atoms with Crippen LogP contribution < -0.4 is 4.90 Å². The van der Waals surface area contributed by atoms with Crippen molar-refractivity contribution >= 4 is 27.8 Å². The summed E-state index contributed by atoms with van der Waals surface area (Å²) in [6.07, 6.45) is 0. The Hall–Kier alpha value is -5.40. The predicted octanol–water partition coefficient (Wildman–Crippen LogP) is 11.3. The smallest absolute Gasteiger partial charge is 0.0540 e. The maximum atomic E-state index is 2.36. The molecule has 0 fully saturated rings.